The van der Waals surface area contributed by atoms with Gasteiger partial charge in [-0.3, -0.25) is 0 Å². The molecule has 0 radical (unpaired) electrons. The molecule has 1 heterocycles. The maximum Gasteiger partial charge on any atom is 0.136 e. The lowest BCUT2D eigenvalue weighted by molar-refractivity contribution is 0.232. The molecule has 1 atom stereocenters. The van der Waals surface area contributed by atoms with Crippen LogP contribution in [0.1, 0.15) is 63.0 Å². The highest BCUT2D eigenvalue weighted by molar-refractivity contribution is 5.53. The Hall–Kier alpha value is -1.74. The zero-order valence-electron chi connectivity index (χ0n) is 14.3. The lowest BCUT2D eigenvalue weighted by Crippen LogP contribution is -2.23. The van der Waals surface area contributed by atoms with Crippen molar-refractivity contribution in [3.8, 4) is 11.5 Å². The van der Waals surface area contributed by atoms with E-state index in [-0.39, 0.29) is 6.04 Å². The molecule has 0 spiro atoms. The first-order valence-electron chi connectivity index (χ1n) is 9.42. The molecule has 1 unspecified atom stereocenters. The van der Waals surface area contributed by atoms with Crippen LogP contribution in [0.3, 0.4) is 0 Å². The number of rotatable bonds is 3. The normalized spacial score (nSPS) is 24.0. The van der Waals surface area contributed by atoms with E-state index in [1.54, 1.807) is 0 Å². The minimum absolute atomic E-state index is 0.0868. The Morgan fingerprint density at radius 2 is 1.83 bits per heavy atom. The number of nitrogens with two attached hydrogens (primary N) is 1. The predicted molar refractivity (Wildman–Crippen MR) is 96.1 cm³/mol. The maximum absolute atomic E-state index is 6.43. The summed E-state index contributed by atoms with van der Waals surface area (Å²) in [5.74, 6) is 3.38. The second-order valence-corrected chi connectivity index (χ2v) is 7.25. The van der Waals surface area contributed by atoms with Crippen LogP contribution in [0, 0.1) is 5.92 Å². The Morgan fingerprint density at radius 3 is 2.67 bits per heavy atom. The molecule has 3 aliphatic rings. The van der Waals surface area contributed by atoms with Crippen LogP contribution in [0.15, 0.2) is 41.7 Å². The van der Waals surface area contributed by atoms with Gasteiger partial charge in [0.05, 0.1) is 12.6 Å². The SMILES string of the molecule is NC1C2=CCCC=C2Oc2cc(OCC3CCCCCC3)ccc21. The van der Waals surface area contributed by atoms with Gasteiger partial charge in [0.2, 0.25) is 0 Å². The summed E-state index contributed by atoms with van der Waals surface area (Å²) < 4.78 is 12.2. The molecule has 0 bridgehead atoms. The van der Waals surface area contributed by atoms with Gasteiger partial charge in [-0.15, -0.1) is 0 Å². The van der Waals surface area contributed by atoms with Crippen LogP contribution in [-0.4, -0.2) is 6.61 Å². The highest BCUT2D eigenvalue weighted by Crippen LogP contribution is 2.42. The fourth-order valence-electron chi connectivity index (χ4n) is 4.03. The molecule has 24 heavy (non-hydrogen) atoms. The molecular weight excluding hydrogens is 298 g/mol. The van der Waals surface area contributed by atoms with Crippen molar-refractivity contribution in [2.45, 2.75) is 57.4 Å². The third kappa shape index (κ3) is 3.23. The second-order valence-electron chi connectivity index (χ2n) is 7.25. The van der Waals surface area contributed by atoms with Gasteiger partial charge in [-0.25, -0.2) is 0 Å². The topological polar surface area (TPSA) is 44.5 Å². The molecule has 0 saturated heterocycles. The van der Waals surface area contributed by atoms with E-state index in [9.17, 15) is 0 Å². The molecule has 1 fully saturated rings. The monoisotopic (exact) mass is 325 g/mol. The quantitative estimate of drug-likeness (QED) is 0.793. The van der Waals surface area contributed by atoms with Crippen LogP contribution in [-0.2, 0) is 0 Å². The number of fused-ring (bicyclic) bond motifs is 2. The summed E-state index contributed by atoms with van der Waals surface area (Å²) >= 11 is 0. The van der Waals surface area contributed by atoms with Crippen molar-refractivity contribution in [3.05, 3.63) is 47.2 Å². The first kappa shape index (κ1) is 15.8. The average Bonchev–Trinajstić information content (AvgIpc) is 2.89. The molecule has 1 aromatic carbocycles. The van der Waals surface area contributed by atoms with E-state index >= 15 is 0 Å². The van der Waals surface area contributed by atoms with Crippen LogP contribution in [0.4, 0.5) is 0 Å². The second kappa shape index (κ2) is 7.02. The van der Waals surface area contributed by atoms with E-state index in [4.69, 9.17) is 15.2 Å². The van der Waals surface area contributed by atoms with Gasteiger partial charge in [0.1, 0.15) is 17.3 Å². The van der Waals surface area contributed by atoms with Gasteiger partial charge in [-0.1, -0.05) is 31.8 Å². The van der Waals surface area contributed by atoms with Gasteiger partial charge in [0.25, 0.3) is 0 Å². The van der Waals surface area contributed by atoms with Crippen molar-refractivity contribution >= 4 is 0 Å². The summed E-state index contributed by atoms with van der Waals surface area (Å²) in [5.41, 5.74) is 8.61. The van der Waals surface area contributed by atoms with E-state index in [2.05, 4.69) is 18.2 Å². The highest BCUT2D eigenvalue weighted by atomic mass is 16.5. The smallest absolute Gasteiger partial charge is 0.136 e. The lowest BCUT2D eigenvalue weighted by Gasteiger charge is -2.30. The van der Waals surface area contributed by atoms with Gasteiger partial charge in [0.15, 0.2) is 0 Å². The number of allylic oxidation sites excluding steroid dienone is 2. The van der Waals surface area contributed by atoms with Crippen LogP contribution >= 0.6 is 0 Å². The summed E-state index contributed by atoms with van der Waals surface area (Å²) in [7, 11) is 0. The summed E-state index contributed by atoms with van der Waals surface area (Å²) in [6.07, 6.45) is 14.5. The Labute approximate surface area is 144 Å². The van der Waals surface area contributed by atoms with E-state index < -0.39 is 0 Å². The maximum atomic E-state index is 6.43. The van der Waals surface area contributed by atoms with Gasteiger partial charge >= 0.3 is 0 Å². The van der Waals surface area contributed by atoms with Crippen LogP contribution in [0.5, 0.6) is 11.5 Å². The Morgan fingerprint density at radius 1 is 1.04 bits per heavy atom. The molecule has 3 heteroatoms. The van der Waals surface area contributed by atoms with E-state index in [1.807, 2.05) is 12.1 Å². The van der Waals surface area contributed by atoms with Crippen molar-refractivity contribution < 1.29 is 9.47 Å². The van der Waals surface area contributed by atoms with E-state index in [1.165, 1.54) is 38.5 Å². The summed E-state index contributed by atoms with van der Waals surface area (Å²) in [4.78, 5) is 0. The van der Waals surface area contributed by atoms with Crippen LogP contribution in [0.2, 0.25) is 0 Å². The number of ether oxygens (including phenoxy) is 2. The zero-order valence-corrected chi connectivity index (χ0v) is 14.3. The molecule has 3 nitrogen and oxygen atoms in total. The van der Waals surface area contributed by atoms with Crippen molar-refractivity contribution in [1.29, 1.82) is 0 Å². The first-order valence-corrected chi connectivity index (χ1v) is 9.42. The minimum atomic E-state index is -0.0868. The van der Waals surface area contributed by atoms with Gasteiger partial charge in [-0.2, -0.15) is 0 Å². The molecule has 1 aromatic rings. The fourth-order valence-corrected chi connectivity index (χ4v) is 4.03. The standard InChI is InChI=1S/C21H27NO2/c22-21-17-9-5-6-10-19(17)24-20-13-16(11-12-18(20)21)23-14-15-7-3-1-2-4-8-15/h9-13,15,21H,1-8,14,22H2. The lowest BCUT2D eigenvalue weighted by atomic mass is 9.90. The fraction of sp³-hybridized carbons (Fsp3) is 0.524. The van der Waals surface area contributed by atoms with Gasteiger partial charge in [-0.05, 0) is 49.8 Å². The van der Waals surface area contributed by atoms with Crippen LogP contribution < -0.4 is 15.2 Å². The van der Waals surface area contributed by atoms with Crippen molar-refractivity contribution in [3.63, 3.8) is 0 Å². The van der Waals surface area contributed by atoms with E-state index in [0.717, 1.165) is 47.8 Å². The molecular formula is C21H27NO2. The van der Waals surface area contributed by atoms with Crippen molar-refractivity contribution in [1.82, 2.24) is 0 Å². The Kier molecular flexibility index (Phi) is 4.61. The molecule has 128 valence electrons. The molecule has 2 N–H and O–H groups in total. The number of benzene rings is 1. The van der Waals surface area contributed by atoms with Crippen molar-refractivity contribution in [2.24, 2.45) is 11.7 Å². The van der Waals surface area contributed by atoms with Crippen LogP contribution in [0.25, 0.3) is 0 Å². The summed E-state index contributed by atoms with van der Waals surface area (Å²) in [6, 6.07) is 6.03. The molecule has 1 saturated carbocycles. The molecule has 2 aliphatic carbocycles. The molecule has 1 aliphatic heterocycles. The number of hydrogen-bond acceptors (Lipinski definition) is 3. The molecule has 0 aromatic heterocycles. The highest BCUT2D eigenvalue weighted by Gasteiger charge is 2.28. The molecule has 4 rings (SSSR count). The summed E-state index contributed by atoms with van der Waals surface area (Å²) in [5, 5.41) is 0. The third-order valence-electron chi connectivity index (χ3n) is 5.48. The van der Waals surface area contributed by atoms with Crippen molar-refractivity contribution in [2.75, 3.05) is 6.61 Å². The minimum Gasteiger partial charge on any atom is -0.493 e. The summed E-state index contributed by atoms with van der Waals surface area (Å²) in [6.45, 7) is 0.818. The Bertz CT molecular complexity index is 654. The average molecular weight is 325 g/mol. The first-order chi connectivity index (χ1) is 11.8. The van der Waals surface area contributed by atoms with E-state index in [0.29, 0.717) is 5.92 Å². The Balaban J connectivity index is 1.47. The number of hydrogen-bond donors (Lipinski definition) is 1. The zero-order chi connectivity index (χ0) is 16.4. The van der Waals surface area contributed by atoms with Gasteiger partial charge in [0, 0.05) is 17.2 Å². The third-order valence-corrected chi connectivity index (χ3v) is 5.48. The van der Waals surface area contributed by atoms with Gasteiger partial charge < -0.3 is 15.2 Å². The predicted octanol–water partition coefficient (Wildman–Crippen LogP) is 5.03. The molecule has 0 amide bonds. The largest absolute Gasteiger partial charge is 0.493 e.